The minimum Gasteiger partial charge on any atom is -0.386 e. The summed E-state index contributed by atoms with van der Waals surface area (Å²) in [7, 11) is -1.42. The lowest BCUT2D eigenvalue weighted by molar-refractivity contribution is 0.483. The fourth-order valence-corrected chi connectivity index (χ4v) is 2.46. The third-order valence-corrected chi connectivity index (χ3v) is 3.74. The first kappa shape index (κ1) is 16.7. The minimum atomic E-state index is -4.47. The summed E-state index contributed by atoms with van der Waals surface area (Å²) in [6, 6.07) is 11.6. The van der Waals surface area contributed by atoms with Gasteiger partial charge in [-0.3, -0.25) is 4.55 Å². The van der Waals surface area contributed by atoms with Gasteiger partial charge in [0.2, 0.25) is 0 Å². The molecule has 2 N–H and O–H groups in total. The predicted molar refractivity (Wildman–Crippen MR) is 86.9 cm³/mol. The van der Waals surface area contributed by atoms with E-state index in [1.807, 2.05) is 18.2 Å². The SMILES string of the molecule is CN=Nc1cc(NC)c(N=Nc2ccccc2)cc1S(=O)(=O)O. The molecule has 0 amide bonds. The Morgan fingerprint density at radius 2 is 1.70 bits per heavy atom. The van der Waals surface area contributed by atoms with Gasteiger partial charge in [-0.05, 0) is 24.3 Å². The molecule has 0 aliphatic heterocycles. The monoisotopic (exact) mass is 333 g/mol. The molecule has 0 saturated carbocycles. The molecule has 0 spiro atoms. The zero-order valence-corrected chi connectivity index (χ0v) is 13.3. The van der Waals surface area contributed by atoms with Crippen LogP contribution in [0.2, 0.25) is 0 Å². The van der Waals surface area contributed by atoms with Gasteiger partial charge >= 0.3 is 0 Å². The van der Waals surface area contributed by atoms with E-state index in [0.717, 1.165) is 0 Å². The van der Waals surface area contributed by atoms with Gasteiger partial charge in [-0.1, -0.05) is 18.2 Å². The molecule has 0 atom stereocenters. The molecule has 8 nitrogen and oxygen atoms in total. The van der Waals surface area contributed by atoms with Crippen LogP contribution >= 0.6 is 0 Å². The van der Waals surface area contributed by atoms with Crippen LogP contribution < -0.4 is 5.32 Å². The Kier molecular flexibility index (Phi) is 5.14. The van der Waals surface area contributed by atoms with Crippen molar-refractivity contribution in [1.82, 2.24) is 0 Å². The van der Waals surface area contributed by atoms with Crippen molar-refractivity contribution in [2.45, 2.75) is 4.90 Å². The molecule has 2 rings (SSSR count). The Morgan fingerprint density at radius 1 is 1.00 bits per heavy atom. The topological polar surface area (TPSA) is 116 Å². The fraction of sp³-hybridized carbons (Fsp3) is 0.143. The summed E-state index contributed by atoms with van der Waals surface area (Å²) in [5.74, 6) is 0. The van der Waals surface area contributed by atoms with Crippen LogP contribution in [0, 0.1) is 0 Å². The number of nitrogens with zero attached hydrogens (tertiary/aromatic N) is 4. The maximum absolute atomic E-state index is 11.5. The molecule has 23 heavy (non-hydrogen) atoms. The van der Waals surface area contributed by atoms with Gasteiger partial charge in [0.05, 0.1) is 11.4 Å². The van der Waals surface area contributed by atoms with Gasteiger partial charge in [0.1, 0.15) is 16.3 Å². The summed E-state index contributed by atoms with van der Waals surface area (Å²) in [4.78, 5) is -0.385. The number of benzene rings is 2. The standard InChI is InChI=1S/C14H15N5O3S/c1-15-11-8-13(18-16-2)14(23(20,21)22)9-12(11)19-17-10-6-4-3-5-7-10/h3-9,15H,1-2H3,(H,20,21,22). The van der Waals surface area contributed by atoms with Crippen molar-refractivity contribution in [2.24, 2.45) is 20.5 Å². The van der Waals surface area contributed by atoms with Crippen LogP contribution in [-0.4, -0.2) is 27.1 Å². The van der Waals surface area contributed by atoms with E-state index in [9.17, 15) is 13.0 Å². The third kappa shape index (κ3) is 4.18. The highest BCUT2D eigenvalue weighted by atomic mass is 32.2. The van der Waals surface area contributed by atoms with Crippen LogP contribution in [0.25, 0.3) is 0 Å². The second-order valence-corrected chi connectivity index (χ2v) is 5.79. The highest BCUT2D eigenvalue weighted by Gasteiger charge is 2.19. The second-order valence-electron chi connectivity index (χ2n) is 4.40. The van der Waals surface area contributed by atoms with Crippen molar-refractivity contribution in [3.63, 3.8) is 0 Å². The van der Waals surface area contributed by atoms with E-state index in [1.54, 1.807) is 19.2 Å². The summed E-state index contributed by atoms with van der Waals surface area (Å²) in [5.41, 5.74) is 1.37. The molecule has 2 aromatic rings. The van der Waals surface area contributed by atoms with Gasteiger partial charge in [0.15, 0.2) is 0 Å². The number of nitrogens with one attached hydrogen (secondary N) is 1. The first-order chi connectivity index (χ1) is 11.0. The zero-order valence-electron chi connectivity index (χ0n) is 12.5. The lowest BCUT2D eigenvalue weighted by atomic mass is 10.2. The molecule has 2 aromatic carbocycles. The molecule has 0 bridgehead atoms. The first-order valence-electron chi connectivity index (χ1n) is 6.55. The largest absolute Gasteiger partial charge is 0.386 e. The summed E-state index contributed by atoms with van der Waals surface area (Å²) < 4.78 is 32.4. The molecule has 0 aliphatic rings. The summed E-state index contributed by atoms with van der Waals surface area (Å²) in [6.07, 6.45) is 0. The Labute approximate surface area is 133 Å². The van der Waals surface area contributed by atoms with Crippen LogP contribution in [0.3, 0.4) is 0 Å². The van der Waals surface area contributed by atoms with Crippen molar-refractivity contribution >= 4 is 32.9 Å². The van der Waals surface area contributed by atoms with E-state index in [4.69, 9.17) is 0 Å². The van der Waals surface area contributed by atoms with Gasteiger partial charge in [-0.2, -0.15) is 23.8 Å². The Bertz CT molecular complexity index is 848. The van der Waals surface area contributed by atoms with Gasteiger partial charge in [0, 0.05) is 14.1 Å². The lowest BCUT2D eigenvalue weighted by Gasteiger charge is -2.08. The fourth-order valence-electron chi connectivity index (χ4n) is 1.84. The molecule has 0 aliphatic carbocycles. The predicted octanol–water partition coefficient (Wildman–Crippen LogP) is 4.10. The molecule has 0 radical (unpaired) electrons. The molecular weight excluding hydrogens is 318 g/mol. The molecule has 9 heteroatoms. The van der Waals surface area contributed by atoms with E-state index >= 15 is 0 Å². The molecular formula is C14H15N5O3S. The minimum absolute atomic E-state index is 0.0120. The van der Waals surface area contributed by atoms with E-state index in [0.29, 0.717) is 11.4 Å². The molecule has 0 fully saturated rings. The number of azo groups is 2. The van der Waals surface area contributed by atoms with Gasteiger partial charge in [0.25, 0.3) is 10.1 Å². The number of hydrogen-bond donors (Lipinski definition) is 2. The molecule has 0 saturated heterocycles. The van der Waals surface area contributed by atoms with Crippen LogP contribution in [0.15, 0.2) is 67.8 Å². The maximum atomic E-state index is 11.5. The Hall–Kier alpha value is -2.65. The average molecular weight is 333 g/mol. The van der Waals surface area contributed by atoms with Crippen molar-refractivity contribution in [3.05, 3.63) is 42.5 Å². The molecule has 0 unspecified atom stereocenters. The number of hydrogen-bond acceptors (Lipinski definition) is 7. The molecule has 0 heterocycles. The van der Waals surface area contributed by atoms with E-state index < -0.39 is 10.1 Å². The van der Waals surface area contributed by atoms with E-state index in [1.165, 1.54) is 19.2 Å². The highest BCUT2D eigenvalue weighted by Crippen LogP contribution is 2.36. The van der Waals surface area contributed by atoms with Gasteiger partial charge in [-0.25, -0.2) is 0 Å². The van der Waals surface area contributed by atoms with Crippen LogP contribution in [0.4, 0.5) is 22.7 Å². The maximum Gasteiger partial charge on any atom is 0.296 e. The Morgan fingerprint density at radius 3 is 2.26 bits per heavy atom. The first-order valence-corrected chi connectivity index (χ1v) is 7.99. The quantitative estimate of drug-likeness (QED) is 0.632. The van der Waals surface area contributed by atoms with Crippen molar-refractivity contribution in [1.29, 1.82) is 0 Å². The van der Waals surface area contributed by atoms with Gasteiger partial charge in [-0.15, -0.1) is 5.11 Å². The second kappa shape index (κ2) is 7.07. The molecule has 120 valence electrons. The average Bonchev–Trinajstić information content (AvgIpc) is 2.53. The Balaban J connectivity index is 2.57. The van der Waals surface area contributed by atoms with E-state index in [2.05, 4.69) is 25.8 Å². The lowest BCUT2D eigenvalue weighted by Crippen LogP contribution is -2.00. The highest BCUT2D eigenvalue weighted by molar-refractivity contribution is 7.86. The van der Waals surface area contributed by atoms with Crippen molar-refractivity contribution in [3.8, 4) is 0 Å². The van der Waals surface area contributed by atoms with E-state index in [-0.39, 0.29) is 16.3 Å². The zero-order chi connectivity index (χ0) is 16.9. The summed E-state index contributed by atoms with van der Waals surface area (Å²) >= 11 is 0. The summed E-state index contributed by atoms with van der Waals surface area (Å²) in [5, 5.41) is 18.2. The van der Waals surface area contributed by atoms with Crippen LogP contribution in [0.1, 0.15) is 0 Å². The third-order valence-electron chi connectivity index (χ3n) is 2.86. The summed E-state index contributed by atoms with van der Waals surface area (Å²) in [6.45, 7) is 0. The van der Waals surface area contributed by atoms with Crippen LogP contribution in [0.5, 0.6) is 0 Å². The van der Waals surface area contributed by atoms with Gasteiger partial charge < -0.3 is 5.32 Å². The normalized spacial score (nSPS) is 12.1. The van der Waals surface area contributed by atoms with Crippen LogP contribution in [-0.2, 0) is 10.1 Å². The molecule has 0 aromatic heterocycles. The van der Waals surface area contributed by atoms with Crippen molar-refractivity contribution < 1.29 is 13.0 Å². The smallest absolute Gasteiger partial charge is 0.296 e. The van der Waals surface area contributed by atoms with Crippen molar-refractivity contribution in [2.75, 3.05) is 19.4 Å². The number of anilines is 1. The number of rotatable bonds is 5.